The topological polar surface area (TPSA) is 60.9 Å². The van der Waals surface area contributed by atoms with Gasteiger partial charge in [-0.05, 0) is 43.4 Å². The predicted octanol–water partition coefficient (Wildman–Crippen LogP) is 3.03. The minimum absolute atomic E-state index is 0.0194. The van der Waals surface area contributed by atoms with E-state index in [0.717, 1.165) is 42.4 Å². The van der Waals surface area contributed by atoms with E-state index < -0.39 is 0 Å². The SMILES string of the molecule is Cc1ccc(C2=C(N(C)CCO)C(=O)N(C3CCCCCC3)C2=O)cc1C. The third-order valence-corrected chi connectivity index (χ3v) is 5.89. The number of carbonyl (C=O) groups excluding carboxylic acids is 2. The summed E-state index contributed by atoms with van der Waals surface area (Å²) in [5.74, 6) is -0.397. The van der Waals surface area contributed by atoms with Gasteiger partial charge < -0.3 is 10.0 Å². The van der Waals surface area contributed by atoms with Crippen LogP contribution in [0.4, 0.5) is 0 Å². The number of likely N-dealkylation sites (N-methyl/N-ethyl adjacent to an activating group) is 1. The molecule has 0 radical (unpaired) electrons. The first-order valence-electron chi connectivity index (χ1n) is 9.97. The number of aryl methyl sites for hydroxylation is 2. The number of amides is 2. The van der Waals surface area contributed by atoms with Crippen molar-refractivity contribution in [1.82, 2.24) is 9.80 Å². The smallest absolute Gasteiger partial charge is 0.278 e. The molecule has 146 valence electrons. The zero-order chi connectivity index (χ0) is 19.6. The molecular weight excluding hydrogens is 340 g/mol. The number of aliphatic hydroxyl groups excluding tert-OH is 1. The van der Waals surface area contributed by atoms with Gasteiger partial charge in [-0.2, -0.15) is 0 Å². The molecule has 0 atom stereocenters. The number of benzene rings is 1. The molecule has 1 saturated carbocycles. The zero-order valence-electron chi connectivity index (χ0n) is 16.6. The summed E-state index contributed by atoms with van der Waals surface area (Å²) in [7, 11) is 1.77. The van der Waals surface area contributed by atoms with Crippen molar-refractivity contribution >= 4 is 17.4 Å². The molecule has 1 aliphatic carbocycles. The highest BCUT2D eigenvalue weighted by atomic mass is 16.3. The van der Waals surface area contributed by atoms with Gasteiger partial charge in [-0.15, -0.1) is 0 Å². The molecule has 1 aromatic rings. The van der Waals surface area contributed by atoms with Crippen LogP contribution in [0.15, 0.2) is 23.9 Å². The van der Waals surface area contributed by atoms with E-state index in [0.29, 0.717) is 17.8 Å². The molecule has 2 amide bonds. The Hall–Kier alpha value is -2.14. The van der Waals surface area contributed by atoms with Crippen molar-refractivity contribution in [3.63, 3.8) is 0 Å². The van der Waals surface area contributed by atoms with E-state index in [1.165, 1.54) is 17.7 Å². The van der Waals surface area contributed by atoms with Gasteiger partial charge in [-0.25, -0.2) is 0 Å². The Bertz CT molecular complexity index is 761. The number of imide groups is 1. The molecule has 3 rings (SSSR count). The van der Waals surface area contributed by atoms with E-state index in [4.69, 9.17) is 0 Å². The Balaban J connectivity index is 2.04. The van der Waals surface area contributed by atoms with Gasteiger partial charge in [0.15, 0.2) is 0 Å². The molecule has 0 saturated heterocycles. The van der Waals surface area contributed by atoms with Crippen molar-refractivity contribution in [2.24, 2.45) is 0 Å². The molecule has 27 heavy (non-hydrogen) atoms. The van der Waals surface area contributed by atoms with Crippen LogP contribution in [0, 0.1) is 13.8 Å². The number of hydrogen-bond acceptors (Lipinski definition) is 4. The number of hydrogen-bond donors (Lipinski definition) is 1. The third-order valence-electron chi connectivity index (χ3n) is 5.89. The molecule has 1 heterocycles. The van der Waals surface area contributed by atoms with Crippen molar-refractivity contribution in [2.45, 2.75) is 58.4 Å². The van der Waals surface area contributed by atoms with Crippen molar-refractivity contribution in [1.29, 1.82) is 0 Å². The average molecular weight is 370 g/mol. The van der Waals surface area contributed by atoms with E-state index in [9.17, 15) is 14.7 Å². The molecule has 1 fully saturated rings. The maximum Gasteiger partial charge on any atom is 0.278 e. The highest BCUT2D eigenvalue weighted by Crippen LogP contribution is 2.35. The summed E-state index contributed by atoms with van der Waals surface area (Å²) in [6.45, 7) is 4.30. The normalized spacial score (nSPS) is 19.0. The summed E-state index contributed by atoms with van der Waals surface area (Å²) in [6, 6.07) is 5.88. The minimum atomic E-state index is -0.212. The average Bonchev–Trinajstić information content (AvgIpc) is 2.81. The van der Waals surface area contributed by atoms with Gasteiger partial charge in [0.2, 0.25) is 0 Å². The molecule has 5 heteroatoms. The first-order chi connectivity index (χ1) is 13.0. The van der Waals surface area contributed by atoms with E-state index in [-0.39, 0.29) is 24.5 Å². The molecule has 2 aliphatic rings. The molecule has 1 aromatic carbocycles. The first-order valence-corrected chi connectivity index (χ1v) is 9.97. The maximum atomic E-state index is 13.4. The molecule has 1 N–H and O–H groups in total. The maximum absolute atomic E-state index is 13.4. The van der Waals surface area contributed by atoms with Crippen LogP contribution in [0.1, 0.15) is 55.2 Å². The van der Waals surface area contributed by atoms with Gasteiger partial charge in [0.05, 0.1) is 12.2 Å². The highest BCUT2D eigenvalue weighted by molar-refractivity contribution is 6.35. The zero-order valence-corrected chi connectivity index (χ0v) is 16.6. The quantitative estimate of drug-likeness (QED) is 0.639. The standard InChI is InChI=1S/C22H30N2O3/c1-15-10-11-17(14-16(15)2)19-20(23(3)12-13-25)22(27)24(21(19)26)18-8-6-4-5-7-9-18/h10-11,14,18,25H,4-9,12-13H2,1-3H3. The summed E-state index contributed by atoms with van der Waals surface area (Å²) in [5, 5.41) is 9.36. The van der Waals surface area contributed by atoms with E-state index >= 15 is 0 Å². The monoisotopic (exact) mass is 370 g/mol. The van der Waals surface area contributed by atoms with Crippen LogP contribution < -0.4 is 0 Å². The Morgan fingerprint density at radius 3 is 2.30 bits per heavy atom. The van der Waals surface area contributed by atoms with E-state index in [1.54, 1.807) is 11.9 Å². The van der Waals surface area contributed by atoms with Crippen molar-refractivity contribution in [3.05, 3.63) is 40.6 Å². The van der Waals surface area contributed by atoms with Gasteiger partial charge in [-0.1, -0.05) is 43.9 Å². The van der Waals surface area contributed by atoms with Crippen LogP contribution >= 0.6 is 0 Å². The van der Waals surface area contributed by atoms with Crippen LogP contribution in [0.2, 0.25) is 0 Å². The fraction of sp³-hybridized carbons (Fsp3) is 0.545. The molecule has 0 bridgehead atoms. The van der Waals surface area contributed by atoms with Crippen LogP contribution in [0.25, 0.3) is 5.57 Å². The van der Waals surface area contributed by atoms with Gasteiger partial charge in [0.1, 0.15) is 5.70 Å². The number of rotatable bonds is 5. The number of aliphatic hydroxyl groups is 1. The fourth-order valence-electron chi connectivity index (χ4n) is 4.16. The molecule has 5 nitrogen and oxygen atoms in total. The van der Waals surface area contributed by atoms with E-state index in [1.807, 2.05) is 32.0 Å². The van der Waals surface area contributed by atoms with Gasteiger partial charge in [-0.3, -0.25) is 14.5 Å². The molecule has 0 aromatic heterocycles. The van der Waals surface area contributed by atoms with Gasteiger partial charge >= 0.3 is 0 Å². The minimum Gasteiger partial charge on any atom is -0.395 e. The van der Waals surface area contributed by atoms with Crippen molar-refractivity contribution < 1.29 is 14.7 Å². The second-order valence-electron chi connectivity index (χ2n) is 7.79. The van der Waals surface area contributed by atoms with Gasteiger partial charge in [0, 0.05) is 19.6 Å². The Kier molecular flexibility index (Phi) is 6.00. The first kappa shape index (κ1) is 19.6. The van der Waals surface area contributed by atoms with Crippen LogP contribution in [0.3, 0.4) is 0 Å². The Morgan fingerprint density at radius 1 is 1.04 bits per heavy atom. The second-order valence-corrected chi connectivity index (χ2v) is 7.79. The second kappa shape index (κ2) is 8.26. The number of carbonyl (C=O) groups is 2. The van der Waals surface area contributed by atoms with Crippen LogP contribution in [-0.2, 0) is 9.59 Å². The molecule has 1 aliphatic heterocycles. The lowest BCUT2D eigenvalue weighted by molar-refractivity contribution is -0.140. The summed E-state index contributed by atoms with van der Waals surface area (Å²) in [6.07, 6.45) is 6.22. The molecular formula is C22H30N2O3. The summed E-state index contributed by atoms with van der Waals surface area (Å²) in [4.78, 5) is 29.9. The Morgan fingerprint density at radius 2 is 1.70 bits per heavy atom. The summed E-state index contributed by atoms with van der Waals surface area (Å²) >= 11 is 0. The lowest BCUT2D eigenvalue weighted by atomic mass is 9.99. The third kappa shape index (κ3) is 3.79. The molecule has 0 spiro atoms. The highest BCUT2D eigenvalue weighted by Gasteiger charge is 2.44. The Labute approximate surface area is 161 Å². The predicted molar refractivity (Wildman–Crippen MR) is 106 cm³/mol. The molecule has 0 unspecified atom stereocenters. The van der Waals surface area contributed by atoms with Crippen LogP contribution in [-0.4, -0.2) is 53.0 Å². The van der Waals surface area contributed by atoms with Crippen molar-refractivity contribution in [3.8, 4) is 0 Å². The van der Waals surface area contributed by atoms with Crippen LogP contribution in [0.5, 0.6) is 0 Å². The largest absolute Gasteiger partial charge is 0.395 e. The lowest BCUT2D eigenvalue weighted by Gasteiger charge is -2.26. The fourth-order valence-corrected chi connectivity index (χ4v) is 4.16. The lowest BCUT2D eigenvalue weighted by Crippen LogP contribution is -2.42. The van der Waals surface area contributed by atoms with E-state index in [2.05, 4.69) is 0 Å². The number of nitrogens with zero attached hydrogens (tertiary/aromatic N) is 2. The van der Waals surface area contributed by atoms with Crippen molar-refractivity contribution in [2.75, 3.05) is 20.2 Å². The summed E-state index contributed by atoms with van der Waals surface area (Å²) in [5.41, 5.74) is 3.93. The summed E-state index contributed by atoms with van der Waals surface area (Å²) < 4.78 is 0. The van der Waals surface area contributed by atoms with Gasteiger partial charge in [0.25, 0.3) is 11.8 Å².